The Morgan fingerprint density at radius 3 is 2.95 bits per heavy atom. The van der Waals surface area contributed by atoms with E-state index in [1.54, 1.807) is 0 Å². The van der Waals surface area contributed by atoms with Gasteiger partial charge in [0, 0.05) is 28.3 Å². The zero-order chi connectivity index (χ0) is 13.2. The Balaban J connectivity index is 1.76. The lowest BCUT2D eigenvalue weighted by Crippen LogP contribution is -1.99. The van der Waals surface area contributed by atoms with Crippen molar-refractivity contribution in [1.29, 1.82) is 0 Å². The van der Waals surface area contributed by atoms with Gasteiger partial charge in [-0.05, 0) is 40.5 Å². The fraction of sp³-hybridized carbons (Fsp3) is 0.143. The van der Waals surface area contributed by atoms with Crippen LogP contribution >= 0.6 is 15.9 Å². The minimum atomic E-state index is 0.417. The van der Waals surface area contributed by atoms with Gasteiger partial charge in [-0.2, -0.15) is 4.98 Å². The van der Waals surface area contributed by atoms with Gasteiger partial charge in [0.25, 0.3) is 0 Å². The van der Waals surface area contributed by atoms with E-state index in [4.69, 9.17) is 4.74 Å². The first-order valence-electron chi connectivity index (χ1n) is 5.90. The third kappa shape index (κ3) is 2.61. The molecule has 3 heterocycles. The van der Waals surface area contributed by atoms with Crippen molar-refractivity contribution >= 4 is 27.0 Å². The third-order valence-corrected chi connectivity index (χ3v) is 3.46. The van der Waals surface area contributed by atoms with Gasteiger partial charge in [-0.15, -0.1) is 0 Å². The number of nitrogens with zero attached hydrogens (tertiary/aromatic N) is 2. The third-order valence-electron chi connectivity index (χ3n) is 2.80. The highest BCUT2D eigenvalue weighted by molar-refractivity contribution is 9.10. The van der Waals surface area contributed by atoms with Crippen LogP contribution in [0.1, 0.15) is 11.3 Å². The number of nitrogens with one attached hydrogen (secondary N) is 1. The van der Waals surface area contributed by atoms with Gasteiger partial charge in [0.15, 0.2) is 0 Å². The predicted octanol–water partition coefficient (Wildman–Crippen LogP) is 3.61. The summed E-state index contributed by atoms with van der Waals surface area (Å²) in [6.45, 7) is 2.43. The number of aryl methyl sites for hydroxylation is 1. The fourth-order valence-corrected chi connectivity index (χ4v) is 2.20. The van der Waals surface area contributed by atoms with Crippen LogP contribution in [0, 0.1) is 6.92 Å². The molecule has 0 spiro atoms. The van der Waals surface area contributed by atoms with Crippen molar-refractivity contribution < 1.29 is 4.74 Å². The first kappa shape index (κ1) is 12.2. The number of H-pyrrole nitrogens is 1. The van der Waals surface area contributed by atoms with Crippen molar-refractivity contribution in [2.75, 3.05) is 0 Å². The summed E-state index contributed by atoms with van der Waals surface area (Å²) >= 11 is 3.45. The second-order valence-corrected chi connectivity index (χ2v) is 5.15. The maximum atomic E-state index is 5.64. The summed E-state index contributed by atoms with van der Waals surface area (Å²) in [6.07, 6.45) is 3.69. The first-order chi connectivity index (χ1) is 9.22. The number of rotatable bonds is 3. The number of aromatic amines is 1. The highest BCUT2D eigenvalue weighted by atomic mass is 79.9. The maximum absolute atomic E-state index is 5.64. The molecule has 19 heavy (non-hydrogen) atoms. The molecule has 0 radical (unpaired) electrons. The van der Waals surface area contributed by atoms with Crippen LogP contribution in [-0.2, 0) is 6.61 Å². The molecule has 3 rings (SSSR count). The van der Waals surface area contributed by atoms with Crippen LogP contribution in [0.5, 0.6) is 5.88 Å². The van der Waals surface area contributed by atoms with E-state index in [0.29, 0.717) is 12.5 Å². The zero-order valence-electron chi connectivity index (χ0n) is 10.4. The Hall–Kier alpha value is -1.88. The lowest BCUT2D eigenvalue weighted by Gasteiger charge is -2.05. The number of hydrogen-bond acceptors (Lipinski definition) is 3. The Morgan fingerprint density at radius 1 is 1.26 bits per heavy atom. The molecule has 0 aliphatic carbocycles. The van der Waals surface area contributed by atoms with Crippen molar-refractivity contribution in [3.8, 4) is 5.88 Å². The molecule has 0 fully saturated rings. The van der Waals surface area contributed by atoms with Gasteiger partial charge in [-0.25, -0.2) is 0 Å². The van der Waals surface area contributed by atoms with Crippen LogP contribution in [0.15, 0.2) is 41.1 Å². The van der Waals surface area contributed by atoms with Gasteiger partial charge in [-0.1, -0.05) is 6.07 Å². The van der Waals surface area contributed by atoms with Gasteiger partial charge < -0.3 is 9.72 Å². The first-order valence-corrected chi connectivity index (χ1v) is 6.69. The summed E-state index contributed by atoms with van der Waals surface area (Å²) < 4.78 is 6.64. The minimum Gasteiger partial charge on any atom is -0.471 e. The number of aromatic nitrogens is 3. The molecule has 0 aliphatic heterocycles. The topological polar surface area (TPSA) is 50.8 Å². The monoisotopic (exact) mass is 317 g/mol. The van der Waals surface area contributed by atoms with Crippen LogP contribution in [0.25, 0.3) is 11.0 Å². The molecule has 3 aromatic heterocycles. The molecule has 1 N–H and O–H groups in total. The van der Waals surface area contributed by atoms with E-state index >= 15 is 0 Å². The van der Waals surface area contributed by atoms with Crippen LogP contribution < -0.4 is 4.74 Å². The summed E-state index contributed by atoms with van der Waals surface area (Å²) in [5.74, 6) is 0.587. The van der Waals surface area contributed by atoms with E-state index in [9.17, 15) is 0 Å². The molecule has 0 aromatic carbocycles. The van der Waals surface area contributed by atoms with Crippen molar-refractivity contribution in [2.24, 2.45) is 0 Å². The zero-order valence-corrected chi connectivity index (χ0v) is 11.9. The van der Waals surface area contributed by atoms with E-state index < -0.39 is 0 Å². The van der Waals surface area contributed by atoms with Crippen molar-refractivity contribution in [1.82, 2.24) is 15.0 Å². The van der Waals surface area contributed by atoms with Crippen LogP contribution in [0.3, 0.4) is 0 Å². The molecule has 0 atom stereocenters. The highest BCUT2D eigenvalue weighted by Gasteiger charge is 2.04. The van der Waals surface area contributed by atoms with Crippen LogP contribution in [-0.4, -0.2) is 15.0 Å². The van der Waals surface area contributed by atoms with E-state index in [0.717, 1.165) is 26.8 Å². The van der Waals surface area contributed by atoms with Crippen molar-refractivity contribution in [3.05, 3.63) is 52.4 Å². The fourth-order valence-electron chi connectivity index (χ4n) is 1.77. The normalized spacial score (nSPS) is 10.8. The van der Waals surface area contributed by atoms with Gasteiger partial charge in [0.2, 0.25) is 5.88 Å². The van der Waals surface area contributed by atoms with Crippen LogP contribution in [0.4, 0.5) is 0 Å². The molecule has 96 valence electrons. The molecule has 0 unspecified atom stereocenters. The van der Waals surface area contributed by atoms with Gasteiger partial charge >= 0.3 is 0 Å². The largest absolute Gasteiger partial charge is 0.471 e. The average molecular weight is 318 g/mol. The molecule has 0 bridgehead atoms. The summed E-state index contributed by atoms with van der Waals surface area (Å²) in [4.78, 5) is 11.8. The van der Waals surface area contributed by atoms with E-state index in [2.05, 4.69) is 30.9 Å². The Kier molecular flexibility index (Phi) is 3.21. The molecule has 0 saturated heterocycles. The smallest absolute Gasteiger partial charge is 0.215 e. The lowest BCUT2D eigenvalue weighted by atomic mass is 10.3. The number of fused-ring (bicyclic) bond motifs is 1. The molecular formula is C14H12BrN3O. The Morgan fingerprint density at radius 2 is 2.16 bits per heavy atom. The highest BCUT2D eigenvalue weighted by Crippen LogP contribution is 2.24. The maximum Gasteiger partial charge on any atom is 0.215 e. The summed E-state index contributed by atoms with van der Waals surface area (Å²) in [7, 11) is 0. The number of ether oxygens (including phenoxy) is 1. The van der Waals surface area contributed by atoms with Crippen molar-refractivity contribution in [2.45, 2.75) is 13.5 Å². The van der Waals surface area contributed by atoms with Gasteiger partial charge in [0.1, 0.15) is 12.3 Å². The Labute approximate surface area is 119 Å². The SMILES string of the molecule is Cc1ccc(COc2ccc3c(Br)c[nH]c3n2)nc1. The number of pyridine rings is 2. The Bertz CT molecular complexity index is 706. The molecule has 3 aromatic rings. The molecular weight excluding hydrogens is 306 g/mol. The quantitative estimate of drug-likeness (QED) is 0.802. The van der Waals surface area contributed by atoms with Crippen molar-refractivity contribution in [3.63, 3.8) is 0 Å². The standard InChI is InChI=1S/C14H12BrN3O/c1-9-2-3-10(16-6-9)8-19-13-5-4-11-12(15)7-17-14(11)18-13/h2-7H,8H2,1H3,(H,17,18). The minimum absolute atomic E-state index is 0.417. The molecule has 5 heteroatoms. The van der Waals surface area contributed by atoms with Gasteiger partial charge in [-0.3, -0.25) is 4.98 Å². The van der Waals surface area contributed by atoms with Gasteiger partial charge in [0.05, 0.1) is 5.69 Å². The van der Waals surface area contributed by atoms with E-state index in [1.807, 2.05) is 43.6 Å². The molecule has 4 nitrogen and oxygen atoms in total. The summed E-state index contributed by atoms with van der Waals surface area (Å²) in [6, 6.07) is 7.81. The second-order valence-electron chi connectivity index (χ2n) is 4.30. The number of hydrogen-bond donors (Lipinski definition) is 1. The molecule has 0 amide bonds. The summed E-state index contributed by atoms with van der Waals surface area (Å²) in [5, 5.41) is 1.04. The molecule has 0 saturated carbocycles. The number of halogens is 1. The average Bonchev–Trinajstić information content (AvgIpc) is 2.79. The molecule has 0 aliphatic rings. The predicted molar refractivity (Wildman–Crippen MR) is 77.1 cm³/mol. The second kappa shape index (κ2) is 5.01. The summed E-state index contributed by atoms with van der Waals surface area (Å²) in [5.41, 5.74) is 2.83. The van der Waals surface area contributed by atoms with Crippen LogP contribution in [0.2, 0.25) is 0 Å². The van der Waals surface area contributed by atoms with E-state index in [-0.39, 0.29) is 0 Å². The van der Waals surface area contributed by atoms with E-state index in [1.165, 1.54) is 0 Å². The lowest BCUT2D eigenvalue weighted by molar-refractivity contribution is 0.290.